The van der Waals surface area contributed by atoms with Gasteiger partial charge in [-0.2, -0.15) is 13.2 Å². The van der Waals surface area contributed by atoms with Gasteiger partial charge in [-0.3, -0.25) is 9.69 Å². The molecular weight excluding hydrogens is 245 g/mol. The second kappa shape index (κ2) is 5.14. The van der Waals surface area contributed by atoms with Crippen LogP contribution in [0.3, 0.4) is 0 Å². The lowest BCUT2D eigenvalue weighted by atomic mass is 9.97. The summed E-state index contributed by atoms with van der Waals surface area (Å²) in [6.07, 6.45) is -1.88. The predicted molar refractivity (Wildman–Crippen MR) is 60.3 cm³/mol. The molecule has 2 heterocycles. The van der Waals surface area contributed by atoms with Crippen molar-refractivity contribution in [1.82, 2.24) is 9.88 Å². The van der Waals surface area contributed by atoms with E-state index in [0.717, 1.165) is 0 Å². The molecule has 1 saturated heterocycles. The first-order chi connectivity index (χ1) is 8.47. The van der Waals surface area contributed by atoms with Crippen molar-refractivity contribution in [2.75, 3.05) is 19.6 Å². The van der Waals surface area contributed by atoms with E-state index in [1.165, 1.54) is 0 Å². The summed E-state index contributed by atoms with van der Waals surface area (Å²) in [7, 11) is 0. The number of likely N-dealkylation sites (tertiary alicyclic amines) is 1. The number of hydrogen-bond acceptors (Lipinski definition) is 2. The Labute approximate surface area is 103 Å². The second-order valence-corrected chi connectivity index (χ2v) is 4.62. The van der Waals surface area contributed by atoms with Crippen molar-refractivity contribution in [3.8, 4) is 0 Å². The molecule has 1 unspecified atom stereocenters. The number of aromatic amines is 1. The SMILES string of the molecule is O=C(CN1CCCC(C(F)(F)F)C1)c1ccc[nH]1. The van der Waals surface area contributed by atoms with Crippen molar-refractivity contribution < 1.29 is 18.0 Å². The number of Topliss-reactive ketones (excluding diaryl/α,β-unsaturated/α-hetero) is 1. The summed E-state index contributed by atoms with van der Waals surface area (Å²) >= 11 is 0. The van der Waals surface area contributed by atoms with Crippen LogP contribution >= 0.6 is 0 Å². The zero-order valence-corrected chi connectivity index (χ0v) is 9.83. The fourth-order valence-electron chi connectivity index (χ4n) is 2.26. The Hall–Kier alpha value is -1.30. The van der Waals surface area contributed by atoms with E-state index in [-0.39, 0.29) is 25.3 Å². The third-order valence-electron chi connectivity index (χ3n) is 3.23. The van der Waals surface area contributed by atoms with E-state index in [9.17, 15) is 18.0 Å². The first-order valence-electron chi connectivity index (χ1n) is 5.92. The van der Waals surface area contributed by atoms with Crippen LogP contribution in [0.1, 0.15) is 23.3 Å². The number of ketones is 1. The molecule has 0 bridgehead atoms. The summed E-state index contributed by atoms with van der Waals surface area (Å²) in [5.41, 5.74) is 0.448. The van der Waals surface area contributed by atoms with Crippen LogP contribution in [-0.4, -0.2) is 41.5 Å². The minimum absolute atomic E-state index is 0.0487. The van der Waals surface area contributed by atoms with Crippen molar-refractivity contribution in [2.24, 2.45) is 5.92 Å². The summed E-state index contributed by atoms with van der Waals surface area (Å²) < 4.78 is 37.8. The number of aromatic nitrogens is 1. The monoisotopic (exact) mass is 260 g/mol. The van der Waals surface area contributed by atoms with Crippen LogP contribution in [0, 0.1) is 5.92 Å². The third-order valence-corrected chi connectivity index (χ3v) is 3.23. The van der Waals surface area contributed by atoms with Gasteiger partial charge < -0.3 is 4.98 Å². The minimum Gasteiger partial charge on any atom is -0.359 e. The number of piperidine rings is 1. The molecule has 0 aromatic carbocycles. The quantitative estimate of drug-likeness (QED) is 0.847. The van der Waals surface area contributed by atoms with E-state index >= 15 is 0 Å². The van der Waals surface area contributed by atoms with Gasteiger partial charge in [-0.05, 0) is 31.5 Å². The first kappa shape index (κ1) is 13.1. The lowest BCUT2D eigenvalue weighted by Gasteiger charge is -2.33. The van der Waals surface area contributed by atoms with Crippen LogP contribution in [0.25, 0.3) is 0 Å². The average Bonchev–Trinajstić information content (AvgIpc) is 2.81. The number of hydrogen-bond donors (Lipinski definition) is 1. The predicted octanol–water partition coefficient (Wildman–Crippen LogP) is 2.47. The molecule has 1 N–H and O–H groups in total. The molecule has 1 atom stereocenters. The fraction of sp³-hybridized carbons (Fsp3) is 0.583. The summed E-state index contributed by atoms with van der Waals surface area (Å²) in [6, 6.07) is 3.33. The van der Waals surface area contributed by atoms with Crippen LogP contribution in [-0.2, 0) is 0 Å². The molecule has 0 radical (unpaired) electrons. The molecule has 3 nitrogen and oxygen atoms in total. The van der Waals surface area contributed by atoms with Crippen LogP contribution in [0.5, 0.6) is 0 Å². The topological polar surface area (TPSA) is 36.1 Å². The van der Waals surface area contributed by atoms with Gasteiger partial charge in [0, 0.05) is 12.7 Å². The number of nitrogens with zero attached hydrogens (tertiary/aromatic N) is 1. The number of carbonyl (C=O) groups is 1. The summed E-state index contributed by atoms with van der Waals surface area (Å²) in [6.45, 7) is 0.530. The Morgan fingerprint density at radius 2 is 2.28 bits per heavy atom. The van der Waals surface area contributed by atoms with Gasteiger partial charge in [0.05, 0.1) is 18.2 Å². The minimum atomic E-state index is -4.16. The Bertz CT molecular complexity index is 400. The van der Waals surface area contributed by atoms with Gasteiger partial charge in [0.2, 0.25) is 0 Å². The number of rotatable bonds is 3. The Kier molecular flexibility index (Phi) is 3.75. The highest BCUT2D eigenvalue weighted by Crippen LogP contribution is 2.33. The maximum Gasteiger partial charge on any atom is 0.393 e. The van der Waals surface area contributed by atoms with Crippen molar-refractivity contribution in [1.29, 1.82) is 0 Å². The number of alkyl halides is 3. The lowest BCUT2D eigenvalue weighted by Crippen LogP contribution is -2.43. The average molecular weight is 260 g/mol. The van der Waals surface area contributed by atoms with Gasteiger partial charge in [0.15, 0.2) is 5.78 Å². The molecule has 0 amide bonds. The normalized spacial score (nSPS) is 22.1. The molecule has 1 aliphatic heterocycles. The highest BCUT2D eigenvalue weighted by Gasteiger charge is 2.41. The Balaban J connectivity index is 1.92. The Morgan fingerprint density at radius 1 is 1.50 bits per heavy atom. The zero-order valence-electron chi connectivity index (χ0n) is 9.83. The number of H-pyrrole nitrogens is 1. The number of nitrogens with one attached hydrogen (secondary N) is 1. The van der Waals surface area contributed by atoms with E-state index < -0.39 is 12.1 Å². The molecule has 1 aromatic heterocycles. The van der Waals surface area contributed by atoms with Crippen LogP contribution in [0.4, 0.5) is 13.2 Å². The van der Waals surface area contributed by atoms with Gasteiger partial charge in [-0.25, -0.2) is 0 Å². The summed E-state index contributed by atoms with van der Waals surface area (Å²) in [4.78, 5) is 16.1. The lowest BCUT2D eigenvalue weighted by molar-refractivity contribution is -0.186. The smallest absolute Gasteiger partial charge is 0.359 e. The maximum atomic E-state index is 12.6. The molecule has 6 heteroatoms. The molecule has 0 aliphatic carbocycles. The second-order valence-electron chi connectivity index (χ2n) is 4.62. The van der Waals surface area contributed by atoms with Crippen molar-refractivity contribution in [3.05, 3.63) is 24.0 Å². The number of halogens is 3. The van der Waals surface area contributed by atoms with E-state index in [0.29, 0.717) is 18.7 Å². The molecule has 18 heavy (non-hydrogen) atoms. The van der Waals surface area contributed by atoms with E-state index in [1.54, 1.807) is 23.2 Å². The molecule has 1 aromatic rings. The highest BCUT2D eigenvalue weighted by atomic mass is 19.4. The van der Waals surface area contributed by atoms with Gasteiger partial charge in [-0.15, -0.1) is 0 Å². The van der Waals surface area contributed by atoms with Gasteiger partial charge >= 0.3 is 6.18 Å². The fourth-order valence-corrected chi connectivity index (χ4v) is 2.26. The third kappa shape index (κ3) is 3.13. The van der Waals surface area contributed by atoms with Gasteiger partial charge in [-0.1, -0.05) is 0 Å². The molecule has 1 fully saturated rings. The van der Waals surface area contributed by atoms with Crippen LogP contribution in [0.15, 0.2) is 18.3 Å². The standard InChI is InChI=1S/C12H15F3N2O/c13-12(14,15)9-3-2-6-17(7-9)8-11(18)10-4-1-5-16-10/h1,4-5,9,16H,2-3,6-8H2. The number of carbonyl (C=O) groups excluding carboxylic acids is 1. The molecule has 1 aliphatic rings. The van der Waals surface area contributed by atoms with Gasteiger partial charge in [0.25, 0.3) is 0 Å². The van der Waals surface area contributed by atoms with E-state index in [2.05, 4.69) is 4.98 Å². The summed E-state index contributed by atoms with van der Waals surface area (Å²) in [5, 5.41) is 0. The maximum absolute atomic E-state index is 12.6. The largest absolute Gasteiger partial charge is 0.393 e. The van der Waals surface area contributed by atoms with Crippen molar-refractivity contribution in [3.63, 3.8) is 0 Å². The highest BCUT2D eigenvalue weighted by molar-refractivity contribution is 5.95. The van der Waals surface area contributed by atoms with Crippen molar-refractivity contribution in [2.45, 2.75) is 19.0 Å². The van der Waals surface area contributed by atoms with E-state index in [4.69, 9.17) is 0 Å². The first-order valence-corrected chi connectivity index (χ1v) is 5.92. The molecule has 100 valence electrons. The van der Waals surface area contributed by atoms with Gasteiger partial charge in [0.1, 0.15) is 0 Å². The zero-order chi connectivity index (χ0) is 13.2. The van der Waals surface area contributed by atoms with Crippen LogP contribution in [0.2, 0.25) is 0 Å². The molecule has 0 saturated carbocycles. The molecular formula is C12H15F3N2O. The van der Waals surface area contributed by atoms with E-state index in [1.807, 2.05) is 0 Å². The molecule has 0 spiro atoms. The molecule has 2 rings (SSSR count). The Morgan fingerprint density at radius 3 is 2.89 bits per heavy atom. The van der Waals surface area contributed by atoms with Crippen molar-refractivity contribution >= 4 is 5.78 Å². The summed E-state index contributed by atoms with van der Waals surface area (Å²) in [5.74, 6) is -1.47. The van der Waals surface area contributed by atoms with Crippen LogP contribution < -0.4 is 0 Å².